The van der Waals surface area contributed by atoms with Crippen molar-refractivity contribution in [3.8, 4) is 16.9 Å². The first-order valence-corrected chi connectivity index (χ1v) is 26.5. The number of nitrogens with zero attached hydrogens (tertiary/aromatic N) is 9. The molecule has 0 saturated carbocycles. The summed E-state index contributed by atoms with van der Waals surface area (Å²) in [6.45, 7) is 1.52. The third-order valence-corrected chi connectivity index (χ3v) is 14.9. The Morgan fingerprint density at radius 2 is 1.50 bits per heavy atom. The number of unbranched alkanes of at least 4 members (excludes halogenated alkanes) is 1. The Kier molecular flexibility index (Phi) is 16.0. The van der Waals surface area contributed by atoms with Gasteiger partial charge in [-0.2, -0.15) is 13.2 Å². The zero-order valence-corrected chi connectivity index (χ0v) is 44.9. The number of rotatable bonds is 18. The van der Waals surface area contributed by atoms with Crippen molar-refractivity contribution in [1.82, 2.24) is 60.0 Å². The van der Waals surface area contributed by atoms with Crippen molar-refractivity contribution in [2.45, 2.75) is 63.7 Å². The van der Waals surface area contributed by atoms with Crippen LogP contribution in [0.3, 0.4) is 0 Å². The second-order valence-corrected chi connectivity index (χ2v) is 20.6. The third-order valence-electron chi connectivity index (χ3n) is 14.6. The summed E-state index contributed by atoms with van der Waals surface area (Å²) in [5.74, 6) is -2.39. The van der Waals surface area contributed by atoms with Crippen molar-refractivity contribution in [2.24, 2.45) is 0 Å². The number of benzene rings is 4. The second kappa shape index (κ2) is 23.4. The fourth-order valence-electron chi connectivity index (χ4n) is 10.5. The van der Waals surface area contributed by atoms with Gasteiger partial charge in [0.1, 0.15) is 17.1 Å². The number of hydrogen-bond donors (Lipinski definition) is 3. The van der Waals surface area contributed by atoms with Crippen molar-refractivity contribution in [1.29, 1.82) is 0 Å². The molecule has 1 atom stereocenters. The predicted octanol–water partition coefficient (Wildman–Crippen LogP) is 9.58. The SMILES string of the molecule is COc1ccc(C(F)(F)F)cc1-c1cc(C2=CC(c3cc(C4=CCCN(C(=O)CCn5ccnn5)C4)c(F)c4[nH]c(C(=O)NCCCCc5ccc(Cl)cc5)cc34)CN(C(=O)CCn3ccnn3)C2)cc2[nH]c(C(=O)N(C)C)cc12. The number of halogens is 5. The summed E-state index contributed by atoms with van der Waals surface area (Å²) >= 11 is 6.07. The molecule has 0 spiro atoms. The molecule has 22 heteroatoms. The molecule has 10 rings (SSSR count). The Labute approximate surface area is 462 Å². The van der Waals surface area contributed by atoms with Gasteiger partial charge in [0.25, 0.3) is 11.8 Å². The Balaban J connectivity index is 1.08. The van der Waals surface area contributed by atoms with E-state index in [4.69, 9.17) is 16.3 Å². The van der Waals surface area contributed by atoms with Gasteiger partial charge in [0.2, 0.25) is 11.8 Å². The van der Waals surface area contributed by atoms with E-state index < -0.39 is 29.4 Å². The van der Waals surface area contributed by atoms with Crippen LogP contribution < -0.4 is 10.1 Å². The number of ether oxygens (including phenoxy) is 1. The average molecular weight is 1110 g/mol. The predicted molar refractivity (Wildman–Crippen MR) is 294 cm³/mol. The van der Waals surface area contributed by atoms with Crippen LogP contribution in [0.25, 0.3) is 44.1 Å². The Hall–Kier alpha value is -8.59. The molecule has 0 fully saturated rings. The van der Waals surface area contributed by atoms with Crippen molar-refractivity contribution < 1.29 is 41.5 Å². The van der Waals surface area contributed by atoms with Gasteiger partial charge in [-0.25, -0.2) is 4.39 Å². The van der Waals surface area contributed by atoms with Gasteiger partial charge >= 0.3 is 6.18 Å². The van der Waals surface area contributed by atoms with E-state index in [1.165, 1.54) is 30.5 Å². The van der Waals surface area contributed by atoms with Gasteiger partial charge in [0.15, 0.2) is 5.82 Å². The molecular weight excluding hydrogens is 1060 g/mol. The van der Waals surface area contributed by atoms with Crippen LogP contribution in [0.1, 0.15) is 86.8 Å². The standard InChI is InChI=1S/C58H57ClF4N12O5/c1-71(2)57(79)50-30-45-44(46-28-40(58(61,62)63)11-14-51(46)80-3)26-37(27-48(45)67-50)38-25-39(34-73(33-38)53(77)16-22-75-24-19-66-70-75)42-29-43(36-8-6-20-72(32-36)52(76)15-21-74-23-18-65-69-74)54(60)55-47(42)31-49(68-55)56(78)64-17-5-4-7-35-9-12-41(59)13-10-35/h8-14,18-19,23-31,39,67-68H,4-7,15-17,20-22,32-34H2,1-3H3,(H,64,78). The smallest absolute Gasteiger partial charge is 0.416 e. The fourth-order valence-corrected chi connectivity index (χ4v) is 10.6. The van der Waals surface area contributed by atoms with Gasteiger partial charge in [-0.15, -0.1) is 10.2 Å². The monoisotopic (exact) mass is 1110 g/mol. The molecule has 6 heterocycles. The van der Waals surface area contributed by atoms with Crippen LogP contribution in [0, 0.1) is 5.82 Å². The molecule has 414 valence electrons. The van der Waals surface area contributed by atoms with Crippen LogP contribution in [-0.2, 0) is 35.3 Å². The zero-order valence-electron chi connectivity index (χ0n) is 44.1. The normalized spacial score (nSPS) is 14.8. The molecule has 0 saturated heterocycles. The third kappa shape index (κ3) is 12.0. The maximum atomic E-state index is 17.5. The Morgan fingerprint density at radius 1 is 0.800 bits per heavy atom. The number of hydrogen-bond acceptors (Lipinski definition) is 9. The summed E-state index contributed by atoms with van der Waals surface area (Å²) in [5.41, 5.74) is 3.83. The highest BCUT2D eigenvalue weighted by Crippen LogP contribution is 2.44. The molecule has 3 N–H and O–H groups in total. The molecule has 17 nitrogen and oxygen atoms in total. The van der Waals surface area contributed by atoms with Gasteiger partial charge in [-0.05, 0) is 120 Å². The molecule has 2 aliphatic rings. The zero-order chi connectivity index (χ0) is 56.2. The number of aryl methyl sites for hydroxylation is 3. The van der Waals surface area contributed by atoms with Gasteiger partial charge < -0.3 is 34.7 Å². The van der Waals surface area contributed by atoms with Crippen LogP contribution in [0.5, 0.6) is 5.75 Å². The van der Waals surface area contributed by atoms with E-state index in [0.29, 0.717) is 81.6 Å². The van der Waals surface area contributed by atoms with Crippen LogP contribution in [-0.4, -0.2) is 132 Å². The topological polar surface area (TPSA) is 192 Å². The lowest BCUT2D eigenvalue weighted by molar-refractivity contribution is -0.137. The maximum Gasteiger partial charge on any atom is 0.416 e. The van der Waals surface area contributed by atoms with Crippen molar-refractivity contribution in [3.63, 3.8) is 0 Å². The number of H-pyrrole nitrogens is 2. The quantitative estimate of drug-likeness (QED) is 0.0555. The van der Waals surface area contributed by atoms with Crippen LogP contribution >= 0.6 is 11.6 Å². The Bertz CT molecular complexity index is 3660. The molecule has 4 aromatic carbocycles. The molecule has 2 aliphatic heterocycles. The summed E-state index contributed by atoms with van der Waals surface area (Å²) in [5, 5.41) is 20.2. The van der Waals surface area contributed by atoms with E-state index in [1.54, 1.807) is 76.0 Å². The Morgan fingerprint density at radius 3 is 2.17 bits per heavy atom. The number of aromatic amines is 2. The number of aromatic nitrogens is 8. The minimum atomic E-state index is -4.70. The number of methoxy groups -OCH3 is 1. The molecule has 8 aromatic rings. The molecule has 80 heavy (non-hydrogen) atoms. The van der Waals surface area contributed by atoms with Crippen LogP contribution in [0.4, 0.5) is 17.6 Å². The minimum Gasteiger partial charge on any atom is -0.496 e. The average Bonchev–Trinajstić information content (AvgIpc) is 4.48. The van der Waals surface area contributed by atoms with Crippen LogP contribution in [0.15, 0.2) is 110 Å². The summed E-state index contributed by atoms with van der Waals surface area (Å²) in [6, 6.07) is 19.3. The second-order valence-electron chi connectivity index (χ2n) is 20.2. The van der Waals surface area contributed by atoms with Crippen LogP contribution in [0.2, 0.25) is 5.02 Å². The largest absolute Gasteiger partial charge is 0.496 e. The summed E-state index contributed by atoms with van der Waals surface area (Å²) in [4.78, 5) is 66.8. The number of carbonyl (C=O) groups is 4. The number of carbonyl (C=O) groups excluding carboxylic acids is 4. The first kappa shape index (κ1) is 54.8. The summed E-state index contributed by atoms with van der Waals surface area (Å²) < 4.78 is 69.7. The van der Waals surface area contributed by atoms with Crippen molar-refractivity contribution in [3.05, 3.63) is 160 Å². The molecule has 4 aromatic heterocycles. The van der Waals surface area contributed by atoms with Gasteiger partial charge in [0, 0.05) is 110 Å². The fraction of sp³-hybridized carbons (Fsp3) is 0.310. The summed E-state index contributed by atoms with van der Waals surface area (Å²) in [6.07, 6.45) is 8.36. The van der Waals surface area contributed by atoms with E-state index >= 15 is 4.39 Å². The first-order chi connectivity index (χ1) is 38.5. The molecule has 0 aliphatic carbocycles. The molecule has 0 bridgehead atoms. The van der Waals surface area contributed by atoms with Gasteiger partial charge in [-0.3, -0.25) is 28.5 Å². The number of amides is 4. The van der Waals surface area contributed by atoms with E-state index in [-0.39, 0.29) is 90.5 Å². The highest BCUT2D eigenvalue weighted by Gasteiger charge is 2.34. The molecule has 1 unspecified atom stereocenters. The maximum absolute atomic E-state index is 17.5. The number of alkyl halides is 3. The minimum absolute atomic E-state index is 0.0215. The highest BCUT2D eigenvalue weighted by atomic mass is 35.5. The molecular formula is C58H57ClF4N12O5. The van der Waals surface area contributed by atoms with Gasteiger partial charge in [-0.1, -0.05) is 46.3 Å². The number of nitrogens with one attached hydrogen (secondary N) is 3. The van der Waals surface area contributed by atoms with Crippen molar-refractivity contribution >= 4 is 68.2 Å². The van der Waals surface area contributed by atoms with Crippen molar-refractivity contribution in [2.75, 3.05) is 53.9 Å². The lowest BCUT2D eigenvalue weighted by atomic mass is 9.85. The highest BCUT2D eigenvalue weighted by molar-refractivity contribution is 6.30. The lowest BCUT2D eigenvalue weighted by Gasteiger charge is -2.34. The van der Waals surface area contributed by atoms with Gasteiger partial charge in [0.05, 0.1) is 43.7 Å². The van der Waals surface area contributed by atoms with E-state index in [2.05, 4.69) is 35.9 Å². The molecule has 4 amide bonds. The van der Waals surface area contributed by atoms with E-state index in [9.17, 15) is 32.3 Å². The molecule has 0 radical (unpaired) electrons. The first-order valence-electron chi connectivity index (χ1n) is 26.2. The summed E-state index contributed by atoms with van der Waals surface area (Å²) in [7, 11) is 4.54. The number of fused-ring (bicyclic) bond motifs is 2. The van der Waals surface area contributed by atoms with E-state index in [1.807, 2.05) is 36.4 Å². The lowest BCUT2D eigenvalue weighted by Crippen LogP contribution is -2.39. The van der Waals surface area contributed by atoms with E-state index in [0.717, 1.165) is 30.5 Å².